The average molecular weight is 274 g/mol. The van der Waals surface area contributed by atoms with Gasteiger partial charge in [-0.1, -0.05) is 0 Å². The summed E-state index contributed by atoms with van der Waals surface area (Å²) in [4.78, 5) is 8.17. The molecule has 0 aliphatic carbocycles. The van der Waals surface area contributed by atoms with E-state index < -0.39 is 0 Å². The molecule has 82 valence electrons. The van der Waals surface area contributed by atoms with Gasteiger partial charge in [-0.25, -0.2) is 9.97 Å². The van der Waals surface area contributed by atoms with Crippen LogP contribution in [0, 0.1) is 0 Å². The zero-order valence-corrected chi connectivity index (χ0v) is 9.95. The molecule has 1 aromatic rings. The lowest BCUT2D eigenvalue weighted by atomic mass is 10.3. The first-order valence-electron chi connectivity index (χ1n) is 4.80. The highest BCUT2D eigenvalue weighted by atomic mass is 79.9. The van der Waals surface area contributed by atoms with Crippen molar-refractivity contribution in [2.75, 3.05) is 25.1 Å². The third-order valence-corrected chi connectivity index (χ3v) is 2.70. The zero-order valence-electron chi connectivity index (χ0n) is 8.36. The van der Waals surface area contributed by atoms with Crippen LogP contribution in [0.3, 0.4) is 0 Å². The van der Waals surface area contributed by atoms with E-state index in [2.05, 4.69) is 31.2 Å². The van der Waals surface area contributed by atoms with Gasteiger partial charge in [0.1, 0.15) is 22.7 Å². The SMILES string of the molecule is CCNc1ncnc(OC2COC2)c1Br. The number of nitrogens with zero attached hydrogens (tertiary/aromatic N) is 2. The number of halogens is 1. The summed E-state index contributed by atoms with van der Waals surface area (Å²) in [6, 6.07) is 0. The topological polar surface area (TPSA) is 56.3 Å². The number of hydrogen-bond acceptors (Lipinski definition) is 5. The van der Waals surface area contributed by atoms with Gasteiger partial charge in [-0.3, -0.25) is 0 Å². The predicted molar refractivity (Wildman–Crippen MR) is 59.1 cm³/mol. The molecule has 1 aromatic heterocycles. The molecule has 1 saturated heterocycles. The van der Waals surface area contributed by atoms with Crippen LogP contribution >= 0.6 is 15.9 Å². The molecule has 2 heterocycles. The van der Waals surface area contributed by atoms with Crippen molar-refractivity contribution >= 4 is 21.7 Å². The first-order valence-corrected chi connectivity index (χ1v) is 5.59. The molecule has 6 heteroatoms. The molecule has 5 nitrogen and oxygen atoms in total. The van der Waals surface area contributed by atoms with E-state index >= 15 is 0 Å². The van der Waals surface area contributed by atoms with Gasteiger partial charge in [0.2, 0.25) is 5.88 Å². The number of nitrogens with one attached hydrogen (secondary N) is 1. The number of anilines is 1. The van der Waals surface area contributed by atoms with Crippen molar-refractivity contribution in [1.29, 1.82) is 0 Å². The Hall–Kier alpha value is -0.880. The molecule has 1 N–H and O–H groups in total. The van der Waals surface area contributed by atoms with E-state index in [9.17, 15) is 0 Å². The fourth-order valence-corrected chi connectivity index (χ4v) is 1.60. The molecule has 2 rings (SSSR count). The van der Waals surface area contributed by atoms with Crippen LogP contribution < -0.4 is 10.1 Å². The van der Waals surface area contributed by atoms with E-state index in [0.717, 1.165) is 16.8 Å². The quantitative estimate of drug-likeness (QED) is 0.900. The van der Waals surface area contributed by atoms with Gasteiger partial charge in [-0.15, -0.1) is 0 Å². The lowest BCUT2D eigenvalue weighted by molar-refractivity contribution is -0.0816. The van der Waals surface area contributed by atoms with Crippen LogP contribution in [0.5, 0.6) is 5.88 Å². The summed E-state index contributed by atoms with van der Waals surface area (Å²) in [5, 5.41) is 3.12. The fourth-order valence-electron chi connectivity index (χ4n) is 1.17. The van der Waals surface area contributed by atoms with E-state index in [1.165, 1.54) is 6.33 Å². The van der Waals surface area contributed by atoms with E-state index in [-0.39, 0.29) is 6.10 Å². The fraction of sp³-hybridized carbons (Fsp3) is 0.556. The summed E-state index contributed by atoms with van der Waals surface area (Å²) in [7, 11) is 0. The molecule has 0 radical (unpaired) electrons. The second-order valence-corrected chi connectivity index (χ2v) is 3.94. The normalized spacial score (nSPS) is 15.9. The molecule has 0 spiro atoms. The summed E-state index contributed by atoms with van der Waals surface area (Å²) in [6.45, 7) is 4.08. The molecular weight excluding hydrogens is 262 g/mol. The number of aromatic nitrogens is 2. The lowest BCUT2D eigenvalue weighted by Gasteiger charge is -2.26. The van der Waals surface area contributed by atoms with Gasteiger partial charge in [0.15, 0.2) is 0 Å². The Labute approximate surface area is 96.3 Å². The summed E-state index contributed by atoms with van der Waals surface area (Å²) in [6.07, 6.45) is 1.60. The van der Waals surface area contributed by atoms with Gasteiger partial charge < -0.3 is 14.8 Å². The van der Waals surface area contributed by atoms with E-state index in [4.69, 9.17) is 9.47 Å². The Morgan fingerprint density at radius 2 is 2.40 bits per heavy atom. The highest BCUT2D eigenvalue weighted by molar-refractivity contribution is 9.10. The molecule has 0 unspecified atom stereocenters. The van der Waals surface area contributed by atoms with E-state index in [1.54, 1.807) is 0 Å². The van der Waals surface area contributed by atoms with E-state index in [1.807, 2.05) is 6.92 Å². The van der Waals surface area contributed by atoms with Crippen LogP contribution in [0.15, 0.2) is 10.8 Å². The van der Waals surface area contributed by atoms with Crippen LogP contribution in [0.1, 0.15) is 6.92 Å². The molecule has 1 aliphatic heterocycles. The minimum Gasteiger partial charge on any atom is -0.468 e. The molecule has 0 aromatic carbocycles. The maximum Gasteiger partial charge on any atom is 0.233 e. The second-order valence-electron chi connectivity index (χ2n) is 3.15. The van der Waals surface area contributed by atoms with Gasteiger partial charge in [-0.2, -0.15) is 0 Å². The molecule has 1 aliphatic rings. The number of rotatable bonds is 4. The second kappa shape index (κ2) is 4.76. The van der Waals surface area contributed by atoms with Crippen molar-refractivity contribution in [3.05, 3.63) is 10.8 Å². The van der Waals surface area contributed by atoms with Crippen LogP contribution in [0.4, 0.5) is 5.82 Å². The lowest BCUT2D eigenvalue weighted by Crippen LogP contribution is -2.38. The van der Waals surface area contributed by atoms with Crippen LogP contribution in [-0.2, 0) is 4.74 Å². The Morgan fingerprint density at radius 3 is 3.00 bits per heavy atom. The standard InChI is InChI=1S/C9H12BrN3O2/c1-2-11-8-7(10)9(13-5-12-8)15-6-3-14-4-6/h5-6H,2-4H2,1H3,(H,11,12,13). The van der Waals surface area contributed by atoms with Crippen molar-refractivity contribution in [1.82, 2.24) is 9.97 Å². The van der Waals surface area contributed by atoms with Crippen molar-refractivity contribution in [3.8, 4) is 5.88 Å². The van der Waals surface area contributed by atoms with Gasteiger partial charge in [0.05, 0.1) is 13.2 Å². The van der Waals surface area contributed by atoms with Gasteiger partial charge in [0.25, 0.3) is 0 Å². The van der Waals surface area contributed by atoms with Gasteiger partial charge in [0, 0.05) is 6.54 Å². The molecule has 0 saturated carbocycles. The molecule has 15 heavy (non-hydrogen) atoms. The Balaban J connectivity index is 2.11. The summed E-state index contributed by atoms with van der Waals surface area (Å²) >= 11 is 3.41. The average Bonchev–Trinajstić information content (AvgIpc) is 2.17. The van der Waals surface area contributed by atoms with Crippen molar-refractivity contribution in [3.63, 3.8) is 0 Å². The van der Waals surface area contributed by atoms with Gasteiger partial charge in [-0.05, 0) is 22.9 Å². The van der Waals surface area contributed by atoms with Crippen molar-refractivity contribution < 1.29 is 9.47 Å². The molecule has 0 atom stereocenters. The highest BCUT2D eigenvalue weighted by Crippen LogP contribution is 2.29. The minimum atomic E-state index is 0.116. The molecule has 0 amide bonds. The molecular formula is C9H12BrN3O2. The smallest absolute Gasteiger partial charge is 0.233 e. The van der Waals surface area contributed by atoms with Crippen LogP contribution in [0.25, 0.3) is 0 Å². The molecule has 0 bridgehead atoms. The zero-order chi connectivity index (χ0) is 10.7. The summed E-state index contributed by atoms with van der Waals surface area (Å²) in [5.41, 5.74) is 0. The summed E-state index contributed by atoms with van der Waals surface area (Å²) in [5.74, 6) is 1.32. The third-order valence-electron chi connectivity index (χ3n) is 1.99. The Kier molecular flexibility index (Phi) is 3.37. The van der Waals surface area contributed by atoms with Gasteiger partial charge >= 0.3 is 0 Å². The molecule has 1 fully saturated rings. The Morgan fingerprint density at radius 1 is 1.60 bits per heavy atom. The van der Waals surface area contributed by atoms with Crippen molar-refractivity contribution in [2.45, 2.75) is 13.0 Å². The third kappa shape index (κ3) is 2.38. The van der Waals surface area contributed by atoms with Crippen LogP contribution in [-0.4, -0.2) is 35.8 Å². The predicted octanol–water partition coefficient (Wildman–Crippen LogP) is 1.45. The Bertz CT molecular complexity index is 344. The summed E-state index contributed by atoms with van der Waals surface area (Å²) < 4.78 is 11.4. The first-order chi connectivity index (χ1) is 7.31. The maximum atomic E-state index is 5.61. The number of hydrogen-bond donors (Lipinski definition) is 1. The number of ether oxygens (including phenoxy) is 2. The largest absolute Gasteiger partial charge is 0.468 e. The minimum absolute atomic E-state index is 0.116. The van der Waals surface area contributed by atoms with Crippen LogP contribution in [0.2, 0.25) is 0 Å². The first kappa shape index (κ1) is 10.6. The van der Waals surface area contributed by atoms with Crippen molar-refractivity contribution in [2.24, 2.45) is 0 Å². The van der Waals surface area contributed by atoms with E-state index in [0.29, 0.717) is 19.1 Å². The highest BCUT2D eigenvalue weighted by Gasteiger charge is 2.22. The monoisotopic (exact) mass is 273 g/mol. The maximum absolute atomic E-state index is 5.61.